The van der Waals surface area contributed by atoms with Gasteiger partial charge in [0.1, 0.15) is 17.8 Å². The first-order valence-corrected chi connectivity index (χ1v) is 10.7. The number of rotatable bonds is 4. The average molecular weight is 408 g/mol. The average Bonchev–Trinajstić information content (AvgIpc) is 2.60. The van der Waals surface area contributed by atoms with Crippen LogP contribution in [0.3, 0.4) is 0 Å². The van der Waals surface area contributed by atoms with Gasteiger partial charge in [-0.15, -0.1) is 0 Å². The van der Waals surface area contributed by atoms with E-state index < -0.39 is 27.3 Å². The molecule has 1 aromatic heterocycles. The molecule has 0 amide bonds. The quantitative estimate of drug-likeness (QED) is 0.776. The Hall–Kier alpha value is -1.46. The molecule has 0 saturated carbocycles. The minimum Gasteiger partial charge on any atom is -0.388 e. The van der Waals surface area contributed by atoms with E-state index in [-0.39, 0.29) is 36.2 Å². The van der Waals surface area contributed by atoms with Crippen molar-refractivity contribution >= 4 is 15.7 Å². The molecule has 7 nitrogen and oxygen atoms in total. The van der Waals surface area contributed by atoms with E-state index in [1.165, 1.54) is 0 Å². The number of likely N-dealkylation sites (tertiary alicyclic amines) is 1. The number of nitrogens with one attached hydrogen (secondary N) is 1. The molecular formula is C16H23F3N4O3S. The van der Waals surface area contributed by atoms with Crippen molar-refractivity contribution in [3.05, 3.63) is 18.1 Å². The van der Waals surface area contributed by atoms with Crippen LogP contribution in [0.2, 0.25) is 0 Å². The van der Waals surface area contributed by atoms with Crippen molar-refractivity contribution in [3.63, 3.8) is 0 Å². The van der Waals surface area contributed by atoms with Gasteiger partial charge in [-0.2, -0.15) is 13.2 Å². The van der Waals surface area contributed by atoms with E-state index in [4.69, 9.17) is 0 Å². The van der Waals surface area contributed by atoms with Crippen molar-refractivity contribution in [1.82, 2.24) is 14.9 Å². The van der Waals surface area contributed by atoms with Crippen LogP contribution in [0, 0.1) is 0 Å². The number of alkyl halides is 3. The number of aliphatic hydroxyl groups is 1. The summed E-state index contributed by atoms with van der Waals surface area (Å²) in [7, 11) is -3.03. The normalized spacial score (nSPS) is 23.9. The van der Waals surface area contributed by atoms with Gasteiger partial charge in [-0.3, -0.25) is 0 Å². The molecule has 152 valence electrons. The van der Waals surface area contributed by atoms with Crippen LogP contribution >= 0.6 is 0 Å². The second-order valence-electron chi connectivity index (χ2n) is 7.36. The van der Waals surface area contributed by atoms with E-state index in [9.17, 15) is 26.7 Å². The summed E-state index contributed by atoms with van der Waals surface area (Å²) in [6.45, 7) is 1.76. The topological polar surface area (TPSA) is 95.4 Å². The SMILES string of the molecule is O=S1(=O)CCC(O)(CN2CCC(Nc3cc(C(F)(F)F)ncn3)CC2)CC1. The van der Waals surface area contributed by atoms with Gasteiger partial charge in [0.15, 0.2) is 9.84 Å². The third kappa shape index (κ3) is 5.52. The van der Waals surface area contributed by atoms with E-state index in [1.54, 1.807) is 0 Å². The number of anilines is 1. The first-order chi connectivity index (χ1) is 12.5. The smallest absolute Gasteiger partial charge is 0.388 e. The number of sulfone groups is 1. The summed E-state index contributed by atoms with van der Waals surface area (Å²) in [5, 5.41) is 13.6. The molecule has 0 radical (unpaired) electrons. The molecule has 2 aliphatic rings. The van der Waals surface area contributed by atoms with Crippen LogP contribution in [0.25, 0.3) is 0 Å². The predicted octanol–water partition coefficient (Wildman–Crippen LogP) is 1.31. The monoisotopic (exact) mass is 408 g/mol. The number of halogens is 3. The van der Waals surface area contributed by atoms with E-state index in [2.05, 4.69) is 20.2 Å². The van der Waals surface area contributed by atoms with Gasteiger partial charge < -0.3 is 15.3 Å². The lowest BCUT2D eigenvalue weighted by Crippen LogP contribution is -2.51. The summed E-state index contributed by atoms with van der Waals surface area (Å²) in [5.74, 6) is 0.167. The van der Waals surface area contributed by atoms with Gasteiger partial charge in [-0.05, 0) is 25.7 Å². The summed E-state index contributed by atoms with van der Waals surface area (Å²) in [6, 6.07) is 0.885. The van der Waals surface area contributed by atoms with Crippen LogP contribution in [0.1, 0.15) is 31.4 Å². The largest absolute Gasteiger partial charge is 0.433 e. The van der Waals surface area contributed by atoms with Gasteiger partial charge >= 0.3 is 6.18 Å². The summed E-state index contributed by atoms with van der Waals surface area (Å²) in [6.07, 6.45) is -1.73. The van der Waals surface area contributed by atoms with Crippen LogP contribution < -0.4 is 5.32 Å². The zero-order chi connectivity index (χ0) is 19.7. The molecule has 0 spiro atoms. The third-order valence-electron chi connectivity index (χ3n) is 5.17. The number of hydrogen-bond donors (Lipinski definition) is 2. The van der Waals surface area contributed by atoms with Crippen LogP contribution in [0.4, 0.5) is 19.0 Å². The second-order valence-corrected chi connectivity index (χ2v) is 9.66. The van der Waals surface area contributed by atoms with Gasteiger partial charge in [0.2, 0.25) is 0 Å². The zero-order valence-electron chi connectivity index (χ0n) is 14.7. The molecule has 2 fully saturated rings. The van der Waals surface area contributed by atoms with E-state index in [1.807, 2.05) is 0 Å². The molecule has 2 N–H and O–H groups in total. The standard InChI is InChI=1S/C16H23F3N4O3S/c17-16(18,19)13-9-14(21-11-20-13)22-12-1-5-23(6-2-12)10-15(24)3-7-27(25,26)8-4-15/h9,11-12,24H,1-8,10H2,(H,20,21,22). The Kier molecular flexibility index (Phi) is 5.64. The van der Waals surface area contributed by atoms with Crippen molar-refractivity contribution in [2.45, 2.75) is 43.5 Å². The number of hydrogen-bond acceptors (Lipinski definition) is 7. The highest BCUT2D eigenvalue weighted by Gasteiger charge is 2.37. The van der Waals surface area contributed by atoms with E-state index in [0.717, 1.165) is 12.4 Å². The van der Waals surface area contributed by atoms with Crippen molar-refractivity contribution in [3.8, 4) is 0 Å². The fraction of sp³-hybridized carbons (Fsp3) is 0.750. The molecule has 3 heterocycles. The summed E-state index contributed by atoms with van der Waals surface area (Å²) < 4.78 is 61.2. The Labute approximate surface area is 155 Å². The van der Waals surface area contributed by atoms with Crippen LogP contribution in [0.5, 0.6) is 0 Å². The molecule has 0 bridgehead atoms. The number of β-amino-alcohol motifs (C(OH)–C–C–N with tert-alkyl or cyclic N) is 1. The molecule has 1 aromatic rings. The Morgan fingerprint density at radius 3 is 2.44 bits per heavy atom. The predicted molar refractivity (Wildman–Crippen MR) is 93.0 cm³/mol. The van der Waals surface area contributed by atoms with Gasteiger partial charge in [-0.25, -0.2) is 18.4 Å². The maximum absolute atomic E-state index is 12.7. The van der Waals surface area contributed by atoms with Crippen molar-refractivity contribution in [1.29, 1.82) is 0 Å². The lowest BCUT2D eigenvalue weighted by Gasteiger charge is -2.40. The van der Waals surface area contributed by atoms with Crippen molar-refractivity contribution in [2.24, 2.45) is 0 Å². The zero-order valence-corrected chi connectivity index (χ0v) is 15.6. The molecule has 11 heteroatoms. The maximum atomic E-state index is 12.7. The van der Waals surface area contributed by atoms with E-state index >= 15 is 0 Å². The lowest BCUT2D eigenvalue weighted by molar-refractivity contribution is -0.141. The first kappa shape index (κ1) is 20.3. The van der Waals surface area contributed by atoms with Gasteiger partial charge in [0.05, 0.1) is 17.1 Å². The number of piperidine rings is 1. The minimum atomic E-state index is -4.51. The highest BCUT2D eigenvalue weighted by molar-refractivity contribution is 7.91. The fourth-order valence-corrected chi connectivity index (χ4v) is 5.11. The molecular weight excluding hydrogens is 385 g/mol. The van der Waals surface area contributed by atoms with Crippen LogP contribution in [0.15, 0.2) is 12.4 Å². The van der Waals surface area contributed by atoms with Gasteiger partial charge in [-0.1, -0.05) is 0 Å². The van der Waals surface area contributed by atoms with Crippen molar-refractivity contribution < 1.29 is 26.7 Å². The molecule has 3 rings (SSSR count). The molecule has 0 aromatic carbocycles. The Morgan fingerprint density at radius 2 is 1.85 bits per heavy atom. The second kappa shape index (κ2) is 7.51. The fourth-order valence-electron chi connectivity index (χ4n) is 3.53. The summed E-state index contributed by atoms with van der Waals surface area (Å²) in [4.78, 5) is 9.18. The molecule has 2 aliphatic heterocycles. The molecule has 27 heavy (non-hydrogen) atoms. The summed E-state index contributed by atoms with van der Waals surface area (Å²) >= 11 is 0. The van der Waals surface area contributed by atoms with Gasteiger partial charge in [0.25, 0.3) is 0 Å². The minimum absolute atomic E-state index is 0.0107. The third-order valence-corrected chi connectivity index (χ3v) is 6.82. The number of nitrogens with zero attached hydrogens (tertiary/aromatic N) is 3. The molecule has 0 atom stereocenters. The lowest BCUT2D eigenvalue weighted by atomic mass is 9.94. The Balaban J connectivity index is 1.49. The Morgan fingerprint density at radius 1 is 1.22 bits per heavy atom. The maximum Gasteiger partial charge on any atom is 0.433 e. The van der Waals surface area contributed by atoms with Crippen LogP contribution in [-0.4, -0.2) is 71.2 Å². The first-order valence-electron chi connectivity index (χ1n) is 8.86. The molecule has 0 aliphatic carbocycles. The van der Waals surface area contributed by atoms with E-state index in [0.29, 0.717) is 32.5 Å². The highest BCUT2D eigenvalue weighted by atomic mass is 32.2. The van der Waals surface area contributed by atoms with Crippen LogP contribution in [-0.2, 0) is 16.0 Å². The van der Waals surface area contributed by atoms with Gasteiger partial charge in [0, 0.05) is 31.7 Å². The Bertz CT molecular complexity index is 750. The molecule has 2 saturated heterocycles. The van der Waals surface area contributed by atoms with Crippen molar-refractivity contribution in [2.75, 3.05) is 36.5 Å². The molecule has 0 unspecified atom stereocenters. The summed E-state index contributed by atoms with van der Waals surface area (Å²) in [5.41, 5.74) is -1.97. The highest BCUT2D eigenvalue weighted by Crippen LogP contribution is 2.29. The number of aromatic nitrogens is 2.